The first-order valence-corrected chi connectivity index (χ1v) is 7.89. The summed E-state index contributed by atoms with van der Waals surface area (Å²) < 4.78 is 1.02. The summed E-state index contributed by atoms with van der Waals surface area (Å²) >= 11 is 3.36. The first-order chi connectivity index (χ1) is 9.15. The summed E-state index contributed by atoms with van der Waals surface area (Å²) in [6, 6.07) is 8.44. The normalized spacial score (nSPS) is 10.5. The van der Waals surface area contributed by atoms with Crippen molar-refractivity contribution >= 4 is 33.9 Å². The van der Waals surface area contributed by atoms with Crippen LogP contribution in [0.15, 0.2) is 28.6 Å². The lowest BCUT2D eigenvalue weighted by atomic mass is 10.2. The van der Waals surface area contributed by atoms with E-state index in [1.807, 2.05) is 19.0 Å². The first-order valence-electron chi connectivity index (χ1n) is 6.09. The number of rotatable bonds is 6. The molecule has 0 bridgehead atoms. The Morgan fingerprint density at radius 2 is 1.95 bits per heavy atom. The van der Waals surface area contributed by atoms with Crippen LogP contribution < -0.4 is 10.2 Å². The molecule has 1 aromatic carbocycles. The van der Waals surface area contributed by atoms with Crippen molar-refractivity contribution in [2.75, 3.05) is 36.6 Å². The fraction of sp³-hybridized carbons (Fsp3) is 0.385. The van der Waals surface area contributed by atoms with Gasteiger partial charge in [0.25, 0.3) is 0 Å². The van der Waals surface area contributed by atoms with Crippen molar-refractivity contribution in [3.63, 3.8) is 0 Å². The molecule has 0 aliphatic rings. The Bertz CT molecular complexity index is 508. The molecule has 0 atom stereocenters. The molecule has 4 nitrogen and oxygen atoms in total. The maximum absolute atomic E-state index is 4.16. The van der Waals surface area contributed by atoms with E-state index in [9.17, 15) is 0 Å². The molecule has 0 fully saturated rings. The van der Waals surface area contributed by atoms with Crippen LogP contribution in [0.3, 0.4) is 0 Å². The Kier molecular flexibility index (Phi) is 5.04. The molecule has 0 aliphatic carbocycles. The number of benzene rings is 1. The largest absolute Gasteiger partial charge is 0.384 e. The van der Waals surface area contributed by atoms with E-state index in [2.05, 4.69) is 46.7 Å². The summed E-state index contributed by atoms with van der Waals surface area (Å²) in [5.41, 5.74) is 2.45. The molecule has 102 valence electrons. The van der Waals surface area contributed by atoms with Crippen LogP contribution in [-0.4, -0.2) is 36.6 Å². The molecular weight excluding hydrogens is 276 g/mol. The highest BCUT2D eigenvalue weighted by atomic mass is 32.2. The summed E-state index contributed by atoms with van der Waals surface area (Å²) in [5.74, 6) is 0.982. The van der Waals surface area contributed by atoms with Gasteiger partial charge in [0.15, 0.2) is 4.34 Å². The second-order valence-corrected chi connectivity index (χ2v) is 6.68. The van der Waals surface area contributed by atoms with Gasteiger partial charge in [-0.25, -0.2) is 0 Å². The number of hydrogen-bond donors (Lipinski definition) is 1. The molecule has 0 radical (unpaired) electrons. The zero-order valence-electron chi connectivity index (χ0n) is 11.4. The zero-order valence-corrected chi connectivity index (χ0v) is 13.0. The minimum atomic E-state index is 0.921. The first kappa shape index (κ1) is 14.1. The maximum atomic E-state index is 4.16. The molecule has 0 aliphatic heterocycles. The van der Waals surface area contributed by atoms with E-state index >= 15 is 0 Å². The van der Waals surface area contributed by atoms with E-state index in [4.69, 9.17) is 0 Å². The zero-order chi connectivity index (χ0) is 13.7. The van der Waals surface area contributed by atoms with Crippen LogP contribution in [0, 0.1) is 6.92 Å². The highest BCUT2D eigenvalue weighted by Crippen LogP contribution is 2.26. The quantitative estimate of drug-likeness (QED) is 0.655. The molecule has 6 heteroatoms. The number of nitrogens with zero attached hydrogens (tertiary/aromatic N) is 3. The highest BCUT2D eigenvalue weighted by Gasteiger charge is 2.05. The third kappa shape index (κ3) is 4.40. The molecule has 1 aromatic heterocycles. The van der Waals surface area contributed by atoms with E-state index in [0.29, 0.717) is 0 Å². The molecule has 0 saturated heterocycles. The number of nitrogens with one attached hydrogen (secondary N) is 1. The third-order valence-corrected chi connectivity index (χ3v) is 4.71. The van der Waals surface area contributed by atoms with Gasteiger partial charge in [-0.3, -0.25) is 0 Å². The predicted octanol–water partition coefficient (Wildman–Crippen LogP) is 3.12. The highest BCUT2D eigenvalue weighted by molar-refractivity contribution is 8.01. The third-order valence-electron chi connectivity index (χ3n) is 2.49. The summed E-state index contributed by atoms with van der Waals surface area (Å²) in [5, 5.41) is 12.6. The lowest BCUT2D eigenvalue weighted by Gasteiger charge is -2.05. The minimum Gasteiger partial charge on any atom is -0.384 e. The molecule has 0 spiro atoms. The summed E-state index contributed by atoms with van der Waals surface area (Å²) in [4.78, 5) is 1.98. The van der Waals surface area contributed by atoms with Gasteiger partial charge in [0.1, 0.15) is 0 Å². The van der Waals surface area contributed by atoms with Crippen LogP contribution in [0.25, 0.3) is 0 Å². The van der Waals surface area contributed by atoms with Gasteiger partial charge in [0, 0.05) is 32.1 Å². The fourth-order valence-corrected chi connectivity index (χ4v) is 3.14. The van der Waals surface area contributed by atoms with Gasteiger partial charge in [-0.1, -0.05) is 40.8 Å². The van der Waals surface area contributed by atoms with Gasteiger partial charge in [-0.15, -0.1) is 10.2 Å². The Labute approximate surface area is 122 Å². The van der Waals surface area contributed by atoms with E-state index in [-0.39, 0.29) is 0 Å². The lowest BCUT2D eigenvalue weighted by molar-refractivity contribution is 0.972. The van der Waals surface area contributed by atoms with Gasteiger partial charge in [0.05, 0.1) is 0 Å². The summed E-state index contributed by atoms with van der Waals surface area (Å²) in [6.07, 6.45) is 0. The van der Waals surface area contributed by atoms with Crippen LogP contribution in [0.4, 0.5) is 10.8 Å². The number of anilines is 2. The van der Waals surface area contributed by atoms with Gasteiger partial charge in [-0.05, 0) is 19.1 Å². The molecule has 0 amide bonds. The van der Waals surface area contributed by atoms with Crippen LogP contribution in [0.2, 0.25) is 0 Å². The maximum Gasteiger partial charge on any atom is 0.208 e. The van der Waals surface area contributed by atoms with Crippen molar-refractivity contribution in [2.24, 2.45) is 0 Å². The van der Waals surface area contributed by atoms with Gasteiger partial charge in [-0.2, -0.15) is 0 Å². The van der Waals surface area contributed by atoms with E-state index < -0.39 is 0 Å². The predicted molar refractivity (Wildman–Crippen MR) is 84.6 cm³/mol. The summed E-state index contributed by atoms with van der Waals surface area (Å²) in [7, 11) is 3.96. The fourth-order valence-electron chi connectivity index (χ4n) is 1.45. The van der Waals surface area contributed by atoms with Crippen molar-refractivity contribution in [1.82, 2.24) is 10.2 Å². The molecule has 0 unspecified atom stereocenters. The molecule has 2 aromatic rings. The van der Waals surface area contributed by atoms with Crippen molar-refractivity contribution < 1.29 is 0 Å². The topological polar surface area (TPSA) is 41.1 Å². The van der Waals surface area contributed by atoms with E-state index in [0.717, 1.165) is 27.5 Å². The Balaban J connectivity index is 1.72. The molecular formula is C13H18N4S2. The standard InChI is InChI=1S/C13H18N4S2/c1-10-4-6-11(7-5-10)14-8-9-18-13-16-15-12(19-13)17(2)3/h4-7,14H,8-9H2,1-3H3. The smallest absolute Gasteiger partial charge is 0.208 e. The van der Waals surface area contributed by atoms with Crippen LogP contribution in [0.5, 0.6) is 0 Å². The number of hydrogen-bond acceptors (Lipinski definition) is 6. The van der Waals surface area contributed by atoms with Crippen molar-refractivity contribution in [2.45, 2.75) is 11.3 Å². The lowest BCUT2D eigenvalue weighted by Crippen LogP contribution is -2.07. The monoisotopic (exact) mass is 294 g/mol. The second-order valence-electron chi connectivity index (χ2n) is 4.39. The van der Waals surface area contributed by atoms with Crippen LogP contribution in [0.1, 0.15) is 5.56 Å². The number of aryl methyl sites for hydroxylation is 1. The SMILES string of the molecule is Cc1ccc(NCCSc2nnc(N(C)C)s2)cc1. The van der Waals surface area contributed by atoms with Crippen molar-refractivity contribution in [3.05, 3.63) is 29.8 Å². The van der Waals surface area contributed by atoms with Crippen molar-refractivity contribution in [1.29, 1.82) is 0 Å². The molecule has 1 heterocycles. The number of aromatic nitrogens is 2. The summed E-state index contributed by atoms with van der Waals surface area (Å²) in [6.45, 7) is 3.02. The molecule has 0 saturated carbocycles. The molecule has 1 N–H and O–H groups in total. The Morgan fingerprint density at radius 3 is 2.58 bits per heavy atom. The van der Waals surface area contributed by atoms with Crippen LogP contribution >= 0.6 is 23.1 Å². The average molecular weight is 294 g/mol. The minimum absolute atomic E-state index is 0.921. The molecule has 2 rings (SSSR count). The second kappa shape index (κ2) is 6.77. The Morgan fingerprint density at radius 1 is 1.21 bits per heavy atom. The van der Waals surface area contributed by atoms with E-state index in [1.165, 1.54) is 5.56 Å². The number of thioether (sulfide) groups is 1. The van der Waals surface area contributed by atoms with E-state index in [1.54, 1.807) is 23.1 Å². The average Bonchev–Trinajstić information content (AvgIpc) is 2.86. The Hall–Kier alpha value is -1.27. The van der Waals surface area contributed by atoms with Crippen molar-refractivity contribution in [3.8, 4) is 0 Å². The molecule has 19 heavy (non-hydrogen) atoms. The van der Waals surface area contributed by atoms with Crippen LogP contribution in [-0.2, 0) is 0 Å². The van der Waals surface area contributed by atoms with Gasteiger partial charge < -0.3 is 10.2 Å². The van der Waals surface area contributed by atoms with Gasteiger partial charge >= 0.3 is 0 Å². The van der Waals surface area contributed by atoms with Gasteiger partial charge in [0.2, 0.25) is 5.13 Å².